The minimum absolute atomic E-state index is 0.0142. The van der Waals surface area contributed by atoms with E-state index in [2.05, 4.69) is 0 Å². The molecular weight excluding hydrogens is 317 g/mol. The SMILES string of the molecule is CCCN(Cc1ccccc1F)C(=O)Cc1ccc(O)c(Cl)c1. The van der Waals surface area contributed by atoms with Gasteiger partial charge < -0.3 is 10.0 Å². The van der Waals surface area contributed by atoms with Crippen LogP contribution in [0.2, 0.25) is 5.02 Å². The molecule has 0 atom stereocenters. The zero-order valence-electron chi connectivity index (χ0n) is 12.9. The molecule has 2 rings (SSSR count). The van der Waals surface area contributed by atoms with E-state index in [1.807, 2.05) is 6.92 Å². The molecule has 23 heavy (non-hydrogen) atoms. The van der Waals surface area contributed by atoms with Crippen LogP contribution in [0.5, 0.6) is 5.75 Å². The Balaban J connectivity index is 2.11. The van der Waals surface area contributed by atoms with Gasteiger partial charge in [0, 0.05) is 18.7 Å². The highest BCUT2D eigenvalue weighted by atomic mass is 35.5. The molecule has 2 aromatic carbocycles. The van der Waals surface area contributed by atoms with Gasteiger partial charge in [0.15, 0.2) is 0 Å². The second-order valence-corrected chi connectivity index (χ2v) is 5.78. The van der Waals surface area contributed by atoms with Crippen molar-refractivity contribution in [3.05, 3.63) is 64.4 Å². The van der Waals surface area contributed by atoms with Gasteiger partial charge in [-0.15, -0.1) is 0 Å². The maximum atomic E-state index is 13.8. The quantitative estimate of drug-likeness (QED) is 0.860. The van der Waals surface area contributed by atoms with Gasteiger partial charge in [0.25, 0.3) is 0 Å². The number of hydrogen-bond acceptors (Lipinski definition) is 2. The first-order valence-electron chi connectivity index (χ1n) is 7.49. The summed E-state index contributed by atoms with van der Waals surface area (Å²) in [5.74, 6) is -0.425. The number of hydrogen-bond donors (Lipinski definition) is 1. The van der Waals surface area contributed by atoms with Crippen molar-refractivity contribution in [2.45, 2.75) is 26.3 Å². The summed E-state index contributed by atoms with van der Waals surface area (Å²) >= 11 is 5.86. The summed E-state index contributed by atoms with van der Waals surface area (Å²) in [6.07, 6.45) is 0.949. The zero-order valence-corrected chi connectivity index (χ0v) is 13.7. The van der Waals surface area contributed by atoms with Crippen LogP contribution < -0.4 is 0 Å². The van der Waals surface area contributed by atoms with Gasteiger partial charge in [0.1, 0.15) is 11.6 Å². The molecule has 1 amide bonds. The van der Waals surface area contributed by atoms with E-state index < -0.39 is 0 Å². The maximum Gasteiger partial charge on any atom is 0.227 e. The third-order valence-electron chi connectivity index (χ3n) is 3.53. The lowest BCUT2D eigenvalue weighted by Crippen LogP contribution is -2.32. The molecule has 2 aromatic rings. The molecule has 0 saturated carbocycles. The molecule has 0 radical (unpaired) electrons. The van der Waals surface area contributed by atoms with Crippen LogP contribution in [0.3, 0.4) is 0 Å². The van der Waals surface area contributed by atoms with Crippen molar-refractivity contribution in [2.75, 3.05) is 6.54 Å². The summed E-state index contributed by atoms with van der Waals surface area (Å²) in [6.45, 7) is 2.77. The van der Waals surface area contributed by atoms with Crippen LogP contribution in [0.1, 0.15) is 24.5 Å². The van der Waals surface area contributed by atoms with E-state index in [0.29, 0.717) is 17.7 Å². The van der Waals surface area contributed by atoms with Crippen LogP contribution in [0.4, 0.5) is 4.39 Å². The Morgan fingerprint density at radius 3 is 2.65 bits per heavy atom. The Morgan fingerprint density at radius 1 is 1.26 bits per heavy atom. The lowest BCUT2D eigenvalue weighted by atomic mass is 10.1. The largest absolute Gasteiger partial charge is 0.506 e. The molecule has 0 saturated heterocycles. The third-order valence-corrected chi connectivity index (χ3v) is 3.84. The lowest BCUT2D eigenvalue weighted by Gasteiger charge is -2.22. The number of phenolic OH excluding ortho intramolecular Hbond substituents is 1. The van der Waals surface area contributed by atoms with Crippen LogP contribution >= 0.6 is 11.6 Å². The van der Waals surface area contributed by atoms with E-state index in [4.69, 9.17) is 11.6 Å². The van der Waals surface area contributed by atoms with Gasteiger partial charge in [-0.05, 0) is 30.2 Å². The van der Waals surface area contributed by atoms with Gasteiger partial charge in [-0.3, -0.25) is 4.79 Å². The molecule has 3 nitrogen and oxygen atoms in total. The highest BCUT2D eigenvalue weighted by Gasteiger charge is 2.16. The zero-order chi connectivity index (χ0) is 16.8. The second-order valence-electron chi connectivity index (χ2n) is 5.37. The molecule has 0 aliphatic rings. The second kappa shape index (κ2) is 7.97. The van der Waals surface area contributed by atoms with Crippen molar-refractivity contribution in [2.24, 2.45) is 0 Å². The molecule has 0 aromatic heterocycles. The van der Waals surface area contributed by atoms with E-state index in [1.165, 1.54) is 12.1 Å². The van der Waals surface area contributed by atoms with Gasteiger partial charge >= 0.3 is 0 Å². The van der Waals surface area contributed by atoms with E-state index in [9.17, 15) is 14.3 Å². The van der Waals surface area contributed by atoms with E-state index in [-0.39, 0.29) is 35.5 Å². The van der Waals surface area contributed by atoms with Crippen LogP contribution in [0.15, 0.2) is 42.5 Å². The highest BCUT2D eigenvalue weighted by molar-refractivity contribution is 6.32. The number of aromatic hydroxyl groups is 1. The van der Waals surface area contributed by atoms with E-state index in [0.717, 1.165) is 6.42 Å². The van der Waals surface area contributed by atoms with Crippen LogP contribution in [0.25, 0.3) is 0 Å². The summed E-state index contributed by atoms with van der Waals surface area (Å²) in [5, 5.41) is 9.64. The van der Waals surface area contributed by atoms with Crippen molar-refractivity contribution in [3.63, 3.8) is 0 Å². The molecule has 122 valence electrons. The van der Waals surface area contributed by atoms with Gasteiger partial charge in [-0.25, -0.2) is 4.39 Å². The lowest BCUT2D eigenvalue weighted by molar-refractivity contribution is -0.131. The average Bonchev–Trinajstić information content (AvgIpc) is 2.52. The number of nitrogens with zero attached hydrogens (tertiary/aromatic N) is 1. The Labute approximate surface area is 140 Å². The van der Waals surface area contributed by atoms with Crippen molar-refractivity contribution in [3.8, 4) is 5.75 Å². The Hall–Kier alpha value is -2.07. The van der Waals surface area contributed by atoms with Crippen LogP contribution in [-0.2, 0) is 17.8 Å². The van der Waals surface area contributed by atoms with Crippen molar-refractivity contribution >= 4 is 17.5 Å². The number of halogens is 2. The highest BCUT2D eigenvalue weighted by Crippen LogP contribution is 2.24. The fraction of sp³-hybridized carbons (Fsp3) is 0.278. The van der Waals surface area contributed by atoms with Crippen molar-refractivity contribution < 1.29 is 14.3 Å². The van der Waals surface area contributed by atoms with Gasteiger partial charge in [0.05, 0.1) is 11.4 Å². The first-order valence-corrected chi connectivity index (χ1v) is 7.87. The minimum atomic E-state index is -0.311. The maximum absolute atomic E-state index is 13.8. The fourth-order valence-electron chi connectivity index (χ4n) is 2.34. The Morgan fingerprint density at radius 2 is 2.00 bits per heavy atom. The van der Waals surface area contributed by atoms with Crippen molar-refractivity contribution in [1.82, 2.24) is 4.90 Å². The van der Waals surface area contributed by atoms with Crippen LogP contribution in [0, 0.1) is 5.82 Å². The topological polar surface area (TPSA) is 40.5 Å². The summed E-state index contributed by atoms with van der Waals surface area (Å²) in [6, 6.07) is 11.2. The van der Waals surface area contributed by atoms with E-state index >= 15 is 0 Å². The fourth-order valence-corrected chi connectivity index (χ4v) is 2.54. The summed E-state index contributed by atoms with van der Waals surface area (Å²) in [7, 11) is 0. The first kappa shape index (κ1) is 17.3. The predicted octanol–water partition coefficient (Wildman–Crippen LogP) is 4.17. The van der Waals surface area contributed by atoms with Crippen molar-refractivity contribution in [1.29, 1.82) is 0 Å². The number of carbonyl (C=O) groups excluding carboxylic acids is 1. The van der Waals surface area contributed by atoms with E-state index in [1.54, 1.807) is 35.2 Å². The predicted molar refractivity (Wildman–Crippen MR) is 88.9 cm³/mol. The molecule has 0 bridgehead atoms. The Kier molecular flexibility index (Phi) is 5.99. The molecule has 0 heterocycles. The molecule has 1 N–H and O–H groups in total. The smallest absolute Gasteiger partial charge is 0.227 e. The molecule has 0 fully saturated rings. The molecule has 0 spiro atoms. The Bertz CT molecular complexity index is 690. The summed E-state index contributed by atoms with van der Waals surface area (Å²) in [5.41, 5.74) is 1.21. The summed E-state index contributed by atoms with van der Waals surface area (Å²) in [4.78, 5) is 14.2. The third kappa shape index (κ3) is 4.70. The normalized spacial score (nSPS) is 10.6. The number of phenols is 1. The molecule has 0 aliphatic heterocycles. The number of benzene rings is 2. The number of rotatable bonds is 6. The number of amides is 1. The molecular formula is C18H19ClFNO2. The molecule has 5 heteroatoms. The monoisotopic (exact) mass is 335 g/mol. The average molecular weight is 336 g/mol. The number of carbonyl (C=O) groups is 1. The molecule has 0 unspecified atom stereocenters. The van der Waals surface area contributed by atoms with Gasteiger partial charge in [-0.1, -0.05) is 42.8 Å². The van der Waals surface area contributed by atoms with Gasteiger partial charge in [-0.2, -0.15) is 0 Å². The van der Waals surface area contributed by atoms with Gasteiger partial charge in [0.2, 0.25) is 5.91 Å². The molecule has 0 aliphatic carbocycles. The first-order chi connectivity index (χ1) is 11.0. The minimum Gasteiger partial charge on any atom is -0.506 e. The summed E-state index contributed by atoms with van der Waals surface area (Å²) < 4.78 is 13.8. The standard InChI is InChI=1S/C18H19ClFNO2/c1-2-9-21(12-14-5-3-4-6-16(14)20)18(23)11-13-7-8-17(22)15(19)10-13/h3-8,10,22H,2,9,11-12H2,1H3. The van der Waals surface area contributed by atoms with Crippen LogP contribution in [-0.4, -0.2) is 22.5 Å².